The highest BCUT2D eigenvalue weighted by Gasteiger charge is 2.38. The van der Waals surface area contributed by atoms with Crippen molar-refractivity contribution in [1.82, 2.24) is 19.8 Å². The first-order chi connectivity index (χ1) is 16.9. The number of likely N-dealkylation sites (N-methyl/N-ethyl adjacent to an activating group) is 1. The Labute approximate surface area is 207 Å². The fourth-order valence-corrected chi connectivity index (χ4v) is 5.16. The molecule has 0 bridgehead atoms. The zero-order valence-corrected chi connectivity index (χ0v) is 21.0. The Morgan fingerprint density at radius 3 is 2.03 bits per heavy atom. The van der Waals surface area contributed by atoms with E-state index in [1.807, 2.05) is 43.0 Å². The summed E-state index contributed by atoms with van der Waals surface area (Å²) >= 11 is 0. The van der Waals surface area contributed by atoms with E-state index in [-0.39, 0.29) is 24.2 Å². The van der Waals surface area contributed by atoms with Gasteiger partial charge in [-0.25, -0.2) is 9.97 Å². The normalized spacial score (nSPS) is 21.7. The molecule has 4 heterocycles. The predicted molar refractivity (Wildman–Crippen MR) is 137 cm³/mol. The van der Waals surface area contributed by atoms with Crippen molar-refractivity contribution < 1.29 is 9.59 Å². The van der Waals surface area contributed by atoms with Crippen LogP contribution in [0, 0.1) is 19.8 Å². The molecule has 2 amide bonds. The molecule has 2 aromatic rings. The number of hydrogen-bond acceptors (Lipinski definition) is 7. The van der Waals surface area contributed by atoms with Gasteiger partial charge in [0.2, 0.25) is 11.8 Å². The second-order valence-electron chi connectivity index (χ2n) is 9.98. The van der Waals surface area contributed by atoms with E-state index in [4.69, 9.17) is 4.98 Å². The van der Waals surface area contributed by atoms with Crippen molar-refractivity contribution in [3.8, 4) is 0 Å². The molecule has 0 spiro atoms. The number of aryl methyl sites for hydroxylation is 2. The summed E-state index contributed by atoms with van der Waals surface area (Å²) in [4.78, 5) is 45.8. The quantitative estimate of drug-likeness (QED) is 0.661. The highest BCUT2D eigenvalue weighted by Crippen LogP contribution is 2.28. The van der Waals surface area contributed by atoms with Gasteiger partial charge in [-0.1, -0.05) is 17.7 Å². The van der Waals surface area contributed by atoms with Gasteiger partial charge in [0.25, 0.3) is 0 Å². The molecule has 1 atom stereocenters. The molecule has 0 N–H and O–H groups in total. The number of aromatic nitrogens is 2. The Bertz CT molecular complexity index is 1070. The van der Waals surface area contributed by atoms with E-state index in [0.29, 0.717) is 19.6 Å². The standard InChI is InChI=1S/C26H35N7O2/c1-19-4-6-22(7-5-19)33-18-21(16-25(33)34)26(35)32-14-12-31(13-15-32)24-17-23(27-20(2)28-24)30-10-8-29(3)9-11-30/h4-7,17,21H,8-16,18H2,1-3H3. The lowest BCUT2D eigenvalue weighted by molar-refractivity contribution is -0.136. The number of carbonyl (C=O) groups is 2. The fraction of sp³-hybridized carbons (Fsp3) is 0.538. The van der Waals surface area contributed by atoms with Crippen LogP contribution in [0.1, 0.15) is 17.8 Å². The van der Waals surface area contributed by atoms with Gasteiger partial charge in [-0.15, -0.1) is 0 Å². The van der Waals surface area contributed by atoms with Crippen LogP contribution in [-0.4, -0.2) is 97.5 Å². The Morgan fingerprint density at radius 2 is 1.43 bits per heavy atom. The third-order valence-corrected chi connectivity index (χ3v) is 7.37. The second kappa shape index (κ2) is 9.81. The number of anilines is 3. The minimum Gasteiger partial charge on any atom is -0.354 e. The van der Waals surface area contributed by atoms with Crippen molar-refractivity contribution in [3.63, 3.8) is 0 Å². The highest BCUT2D eigenvalue weighted by atomic mass is 16.2. The van der Waals surface area contributed by atoms with Gasteiger partial charge < -0.3 is 24.5 Å². The van der Waals surface area contributed by atoms with Crippen LogP contribution in [0.4, 0.5) is 17.3 Å². The van der Waals surface area contributed by atoms with Gasteiger partial charge in [-0.05, 0) is 33.0 Å². The Hall–Kier alpha value is -3.20. The van der Waals surface area contributed by atoms with Crippen molar-refractivity contribution >= 4 is 29.1 Å². The minimum atomic E-state index is -0.277. The molecule has 186 valence electrons. The van der Waals surface area contributed by atoms with E-state index in [9.17, 15) is 9.59 Å². The van der Waals surface area contributed by atoms with Crippen molar-refractivity contribution in [2.75, 3.05) is 80.7 Å². The summed E-state index contributed by atoms with van der Waals surface area (Å²) in [5, 5.41) is 0. The molecule has 1 aromatic heterocycles. The van der Waals surface area contributed by atoms with Crippen molar-refractivity contribution in [3.05, 3.63) is 41.7 Å². The molecule has 3 fully saturated rings. The van der Waals surface area contributed by atoms with E-state index in [2.05, 4.69) is 32.8 Å². The molecule has 9 nitrogen and oxygen atoms in total. The van der Waals surface area contributed by atoms with Gasteiger partial charge in [0, 0.05) is 77.1 Å². The zero-order valence-electron chi connectivity index (χ0n) is 21.0. The highest BCUT2D eigenvalue weighted by molar-refractivity contribution is 6.00. The Balaban J connectivity index is 1.19. The smallest absolute Gasteiger partial charge is 0.228 e. The zero-order chi connectivity index (χ0) is 24.5. The third kappa shape index (κ3) is 5.10. The summed E-state index contributed by atoms with van der Waals surface area (Å²) in [7, 11) is 2.15. The number of carbonyl (C=O) groups excluding carboxylic acids is 2. The number of rotatable bonds is 4. The summed E-state index contributed by atoms with van der Waals surface area (Å²) in [5.74, 6) is 2.53. The molecule has 1 unspecified atom stereocenters. The Kier molecular flexibility index (Phi) is 6.60. The van der Waals surface area contributed by atoms with Gasteiger partial charge >= 0.3 is 0 Å². The van der Waals surface area contributed by atoms with E-state index in [0.717, 1.165) is 68.0 Å². The number of nitrogens with zero attached hydrogens (tertiary/aromatic N) is 7. The molecule has 9 heteroatoms. The molecule has 0 aliphatic carbocycles. The third-order valence-electron chi connectivity index (χ3n) is 7.37. The van der Waals surface area contributed by atoms with Gasteiger partial charge in [-0.2, -0.15) is 0 Å². The number of hydrogen-bond donors (Lipinski definition) is 0. The van der Waals surface area contributed by atoms with Gasteiger partial charge in [0.15, 0.2) is 0 Å². The minimum absolute atomic E-state index is 0.0266. The van der Waals surface area contributed by atoms with Crippen molar-refractivity contribution in [2.45, 2.75) is 20.3 Å². The van der Waals surface area contributed by atoms with E-state index in [1.165, 1.54) is 0 Å². The monoisotopic (exact) mass is 477 g/mol. The summed E-state index contributed by atoms with van der Waals surface area (Å²) in [6.07, 6.45) is 0.284. The van der Waals surface area contributed by atoms with Crippen LogP contribution < -0.4 is 14.7 Å². The van der Waals surface area contributed by atoms with Crippen LogP contribution in [0.25, 0.3) is 0 Å². The van der Waals surface area contributed by atoms with Gasteiger partial charge in [0.05, 0.1) is 5.92 Å². The largest absolute Gasteiger partial charge is 0.354 e. The molecule has 3 aliphatic heterocycles. The molecule has 0 saturated carbocycles. The maximum Gasteiger partial charge on any atom is 0.228 e. The lowest BCUT2D eigenvalue weighted by Crippen LogP contribution is -2.51. The number of amides is 2. The maximum atomic E-state index is 13.3. The first kappa shape index (κ1) is 23.5. The van der Waals surface area contributed by atoms with E-state index < -0.39 is 0 Å². The molecular formula is C26H35N7O2. The lowest BCUT2D eigenvalue weighted by atomic mass is 10.1. The summed E-state index contributed by atoms with van der Waals surface area (Å²) < 4.78 is 0. The van der Waals surface area contributed by atoms with Crippen LogP contribution in [0.5, 0.6) is 0 Å². The second-order valence-corrected chi connectivity index (χ2v) is 9.98. The predicted octanol–water partition coefficient (Wildman–Crippen LogP) is 1.55. The molecule has 5 rings (SSSR count). The lowest BCUT2D eigenvalue weighted by Gasteiger charge is -2.37. The molecule has 0 radical (unpaired) electrons. The Morgan fingerprint density at radius 1 is 0.857 bits per heavy atom. The molecule has 35 heavy (non-hydrogen) atoms. The van der Waals surface area contributed by atoms with Crippen molar-refractivity contribution in [1.29, 1.82) is 0 Å². The van der Waals surface area contributed by atoms with Crippen LogP contribution in [0.15, 0.2) is 30.3 Å². The SMILES string of the molecule is Cc1ccc(N2CC(C(=O)N3CCN(c4cc(N5CCN(C)CC5)nc(C)n4)CC3)CC2=O)cc1. The molecule has 3 saturated heterocycles. The number of piperazine rings is 2. The summed E-state index contributed by atoms with van der Waals surface area (Å²) in [6, 6.07) is 10.0. The van der Waals surface area contributed by atoms with Crippen LogP contribution in [0.2, 0.25) is 0 Å². The molecule has 3 aliphatic rings. The fourth-order valence-electron chi connectivity index (χ4n) is 5.16. The van der Waals surface area contributed by atoms with Gasteiger partial charge in [-0.3, -0.25) is 9.59 Å². The average Bonchev–Trinajstić information content (AvgIpc) is 3.25. The van der Waals surface area contributed by atoms with Crippen LogP contribution >= 0.6 is 0 Å². The first-order valence-electron chi connectivity index (χ1n) is 12.6. The van der Waals surface area contributed by atoms with Crippen LogP contribution in [-0.2, 0) is 9.59 Å². The topological polar surface area (TPSA) is 76.1 Å². The van der Waals surface area contributed by atoms with Crippen LogP contribution in [0.3, 0.4) is 0 Å². The average molecular weight is 478 g/mol. The maximum absolute atomic E-state index is 13.3. The summed E-state index contributed by atoms with van der Waals surface area (Å²) in [6.45, 7) is 11.2. The van der Waals surface area contributed by atoms with Gasteiger partial charge in [0.1, 0.15) is 17.5 Å². The van der Waals surface area contributed by atoms with Crippen molar-refractivity contribution in [2.24, 2.45) is 5.92 Å². The molecule has 1 aromatic carbocycles. The van der Waals surface area contributed by atoms with E-state index in [1.54, 1.807) is 4.90 Å². The number of benzene rings is 1. The first-order valence-corrected chi connectivity index (χ1v) is 12.6. The molecular weight excluding hydrogens is 442 g/mol. The van der Waals surface area contributed by atoms with E-state index >= 15 is 0 Å². The summed E-state index contributed by atoms with van der Waals surface area (Å²) in [5.41, 5.74) is 2.02.